The van der Waals surface area contributed by atoms with Crippen molar-refractivity contribution < 1.29 is 0 Å². The Balaban J connectivity index is 1.29. The Bertz CT molecular complexity index is 1220. The highest BCUT2D eigenvalue weighted by molar-refractivity contribution is 5.91. The molecule has 4 aromatic rings. The normalized spacial score (nSPS) is 16.7. The van der Waals surface area contributed by atoms with Crippen molar-refractivity contribution in [3.05, 3.63) is 60.3 Å². The molecule has 2 heterocycles. The molecule has 6 heteroatoms. The number of nitrogens with zero attached hydrogens (tertiary/aromatic N) is 5. The summed E-state index contributed by atoms with van der Waals surface area (Å²) in [5.41, 5.74) is 5.06. The Morgan fingerprint density at radius 3 is 2.51 bits per heavy atom. The van der Waals surface area contributed by atoms with Gasteiger partial charge in [0.15, 0.2) is 0 Å². The summed E-state index contributed by atoms with van der Waals surface area (Å²) >= 11 is 0. The summed E-state index contributed by atoms with van der Waals surface area (Å²) in [6.07, 6.45) is 12.5. The molecule has 0 radical (unpaired) electrons. The summed E-state index contributed by atoms with van der Waals surface area (Å²) in [6.45, 7) is 4.68. The lowest BCUT2D eigenvalue weighted by atomic mass is 9.86. The predicted octanol–water partition coefficient (Wildman–Crippen LogP) is 6.74. The largest absolute Gasteiger partial charge is 0.300 e. The lowest BCUT2D eigenvalue weighted by Gasteiger charge is -2.38. The van der Waals surface area contributed by atoms with E-state index in [1.165, 1.54) is 50.5 Å². The van der Waals surface area contributed by atoms with Crippen molar-refractivity contribution in [1.82, 2.24) is 30.1 Å². The van der Waals surface area contributed by atoms with Crippen molar-refractivity contribution in [2.75, 3.05) is 7.05 Å². The van der Waals surface area contributed by atoms with Crippen LogP contribution in [0.15, 0.2) is 54.7 Å². The fourth-order valence-electron chi connectivity index (χ4n) is 5.83. The first-order chi connectivity index (χ1) is 17.2. The van der Waals surface area contributed by atoms with E-state index in [0.29, 0.717) is 12.0 Å². The molecule has 1 unspecified atom stereocenters. The topological polar surface area (TPSA) is 62.6 Å². The molecule has 1 aliphatic carbocycles. The number of hydrogen-bond acceptors (Lipinski definition) is 4. The van der Waals surface area contributed by atoms with Crippen LogP contribution in [0.3, 0.4) is 0 Å². The van der Waals surface area contributed by atoms with E-state index in [4.69, 9.17) is 0 Å². The monoisotopic (exact) mass is 470 g/mol. The van der Waals surface area contributed by atoms with Crippen molar-refractivity contribution in [3.63, 3.8) is 0 Å². The van der Waals surface area contributed by atoms with Crippen molar-refractivity contribution in [2.24, 2.45) is 0 Å². The highest BCUT2D eigenvalue weighted by Crippen LogP contribution is 2.31. The minimum Gasteiger partial charge on any atom is -0.300 e. The molecule has 5 rings (SSSR count). The van der Waals surface area contributed by atoms with Gasteiger partial charge in [0, 0.05) is 17.5 Å². The SMILES string of the molecule is CCC(C[C@H](CC)N(C)C1CCCCC1)c1ccc(-n2cc(-c3n[nH]c4ccccc34)nn2)cc1. The van der Waals surface area contributed by atoms with Gasteiger partial charge in [-0.05, 0) is 68.8 Å². The number of benzene rings is 2. The van der Waals surface area contributed by atoms with E-state index < -0.39 is 0 Å². The summed E-state index contributed by atoms with van der Waals surface area (Å²) < 4.78 is 1.84. The Kier molecular flexibility index (Phi) is 7.28. The van der Waals surface area contributed by atoms with Gasteiger partial charge in [0.05, 0.1) is 17.4 Å². The molecular formula is C29H38N6. The van der Waals surface area contributed by atoms with Crippen LogP contribution in [0.4, 0.5) is 0 Å². The molecule has 1 saturated carbocycles. The summed E-state index contributed by atoms with van der Waals surface area (Å²) in [5, 5.41) is 17.4. The van der Waals surface area contributed by atoms with Gasteiger partial charge in [0.2, 0.25) is 0 Å². The second-order valence-corrected chi connectivity index (χ2v) is 10.1. The highest BCUT2D eigenvalue weighted by Gasteiger charge is 2.26. The van der Waals surface area contributed by atoms with E-state index in [9.17, 15) is 0 Å². The number of para-hydroxylation sites is 1. The van der Waals surface area contributed by atoms with Crippen LogP contribution in [0.25, 0.3) is 28.0 Å². The molecule has 0 saturated heterocycles. The fourth-order valence-corrected chi connectivity index (χ4v) is 5.83. The number of rotatable bonds is 9. The maximum Gasteiger partial charge on any atom is 0.134 e. The third-order valence-electron chi connectivity index (χ3n) is 8.08. The first-order valence-corrected chi connectivity index (χ1v) is 13.4. The zero-order chi connectivity index (χ0) is 24.2. The highest BCUT2D eigenvalue weighted by atomic mass is 15.4. The molecule has 184 valence electrons. The molecular weight excluding hydrogens is 432 g/mol. The Hall–Kier alpha value is -2.99. The van der Waals surface area contributed by atoms with E-state index >= 15 is 0 Å². The van der Waals surface area contributed by atoms with Gasteiger partial charge < -0.3 is 4.90 Å². The van der Waals surface area contributed by atoms with Crippen LogP contribution in [0.1, 0.15) is 76.7 Å². The third kappa shape index (κ3) is 5.03. The van der Waals surface area contributed by atoms with Gasteiger partial charge in [-0.3, -0.25) is 5.10 Å². The van der Waals surface area contributed by atoms with E-state index in [1.807, 2.05) is 29.1 Å². The quantitative estimate of drug-likeness (QED) is 0.294. The van der Waals surface area contributed by atoms with Crippen molar-refractivity contribution in [2.45, 2.75) is 83.2 Å². The average molecular weight is 471 g/mol. The van der Waals surface area contributed by atoms with Crippen molar-refractivity contribution in [1.29, 1.82) is 0 Å². The van der Waals surface area contributed by atoms with Gasteiger partial charge in [-0.1, -0.05) is 68.7 Å². The second kappa shape index (κ2) is 10.7. The van der Waals surface area contributed by atoms with Gasteiger partial charge in [0.25, 0.3) is 0 Å². The molecule has 2 aromatic carbocycles. The van der Waals surface area contributed by atoms with Gasteiger partial charge in [-0.2, -0.15) is 5.10 Å². The Morgan fingerprint density at radius 1 is 1.00 bits per heavy atom. The third-order valence-corrected chi connectivity index (χ3v) is 8.08. The van der Waals surface area contributed by atoms with Crippen molar-refractivity contribution >= 4 is 10.9 Å². The standard InChI is InChI=1S/C29H38N6/c1-4-21(19-23(5-2)34(3)24-11-7-6-8-12-24)22-15-17-25(18-16-22)35-20-28(31-33-35)29-26-13-9-10-14-27(26)30-32-29/h9-10,13-18,20-21,23-24H,4-8,11-12,19H2,1-3H3,(H,30,32)/t21?,23-/m0/s1. The maximum absolute atomic E-state index is 4.46. The first kappa shape index (κ1) is 23.7. The minimum absolute atomic E-state index is 0.571. The summed E-state index contributed by atoms with van der Waals surface area (Å²) in [6, 6.07) is 18.4. The van der Waals surface area contributed by atoms with Crippen LogP contribution in [0.2, 0.25) is 0 Å². The summed E-state index contributed by atoms with van der Waals surface area (Å²) in [7, 11) is 2.37. The molecule has 1 aliphatic rings. The lowest BCUT2D eigenvalue weighted by Crippen LogP contribution is -2.41. The average Bonchev–Trinajstić information content (AvgIpc) is 3.57. The number of aromatic amines is 1. The Morgan fingerprint density at radius 2 is 1.77 bits per heavy atom. The molecule has 6 nitrogen and oxygen atoms in total. The fraction of sp³-hybridized carbons (Fsp3) is 0.483. The number of fused-ring (bicyclic) bond motifs is 1. The molecule has 0 bridgehead atoms. The molecule has 0 amide bonds. The van der Waals surface area contributed by atoms with Gasteiger partial charge in [-0.25, -0.2) is 4.68 Å². The molecule has 35 heavy (non-hydrogen) atoms. The summed E-state index contributed by atoms with van der Waals surface area (Å²) in [4.78, 5) is 2.70. The van der Waals surface area contributed by atoms with Gasteiger partial charge in [-0.15, -0.1) is 5.10 Å². The summed E-state index contributed by atoms with van der Waals surface area (Å²) in [5.74, 6) is 0.571. The predicted molar refractivity (Wildman–Crippen MR) is 143 cm³/mol. The number of hydrogen-bond donors (Lipinski definition) is 1. The minimum atomic E-state index is 0.571. The number of aromatic nitrogens is 5. The van der Waals surface area contributed by atoms with E-state index in [2.05, 4.69) is 76.6 Å². The van der Waals surface area contributed by atoms with Crippen molar-refractivity contribution in [3.8, 4) is 17.1 Å². The zero-order valence-electron chi connectivity index (χ0n) is 21.3. The Labute approximate surface area is 208 Å². The molecule has 2 aromatic heterocycles. The van der Waals surface area contributed by atoms with Gasteiger partial charge in [0.1, 0.15) is 11.4 Å². The van der Waals surface area contributed by atoms with Crippen LogP contribution in [-0.4, -0.2) is 49.2 Å². The van der Waals surface area contributed by atoms with E-state index in [1.54, 1.807) is 0 Å². The molecule has 0 spiro atoms. The number of nitrogens with one attached hydrogen (secondary N) is 1. The van der Waals surface area contributed by atoms with E-state index in [-0.39, 0.29) is 0 Å². The van der Waals surface area contributed by atoms with E-state index in [0.717, 1.165) is 40.4 Å². The number of H-pyrrole nitrogens is 1. The molecule has 1 fully saturated rings. The van der Waals surface area contributed by atoms with Crippen LogP contribution in [0, 0.1) is 0 Å². The van der Waals surface area contributed by atoms with Gasteiger partial charge >= 0.3 is 0 Å². The molecule has 0 aliphatic heterocycles. The molecule has 1 N–H and O–H groups in total. The first-order valence-electron chi connectivity index (χ1n) is 13.4. The van der Waals surface area contributed by atoms with Crippen LogP contribution in [0.5, 0.6) is 0 Å². The lowest BCUT2D eigenvalue weighted by molar-refractivity contribution is 0.122. The smallest absolute Gasteiger partial charge is 0.134 e. The zero-order valence-corrected chi connectivity index (χ0v) is 21.3. The maximum atomic E-state index is 4.46. The van der Waals surface area contributed by atoms with Crippen LogP contribution >= 0.6 is 0 Å². The van der Waals surface area contributed by atoms with Crippen LogP contribution < -0.4 is 0 Å². The van der Waals surface area contributed by atoms with Crippen LogP contribution in [-0.2, 0) is 0 Å². The second-order valence-electron chi connectivity index (χ2n) is 10.1. The molecule has 2 atom stereocenters.